The molecule has 0 fully saturated rings. The van der Waals surface area contributed by atoms with Crippen LogP contribution in [0.15, 0.2) is 78.0 Å². The van der Waals surface area contributed by atoms with E-state index in [-0.39, 0.29) is 18.3 Å². The maximum atomic E-state index is 12.7. The third-order valence-electron chi connectivity index (χ3n) is 5.01. The fourth-order valence-corrected chi connectivity index (χ4v) is 4.34. The number of aryl methyl sites for hydroxylation is 1. The Hall–Kier alpha value is -3.62. The van der Waals surface area contributed by atoms with Crippen molar-refractivity contribution < 1.29 is 14.3 Å². The Morgan fingerprint density at radius 3 is 2.57 bits per heavy atom. The lowest BCUT2D eigenvalue weighted by Gasteiger charge is -2.11. The average molecular weight is 507 g/mol. The van der Waals surface area contributed by atoms with E-state index in [1.54, 1.807) is 19.1 Å². The second-order valence-corrected chi connectivity index (χ2v) is 8.95. The lowest BCUT2D eigenvalue weighted by Crippen LogP contribution is -2.15. The summed E-state index contributed by atoms with van der Waals surface area (Å²) in [5.41, 5.74) is 3.58. The van der Waals surface area contributed by atoms with Crippen LogP contribution in [0.25, 0.3) is 17.1 Å². The van der Waals surface area contributed by atoms with Crippen LogP contribution in [0.2, 0.25) is 5.02 Å². The maximum Gasteiger partial charge on any atom is 0.338 e. The number of rotatable bonds is 8. The van der Waals surface area contributed by atoms with Gasteiger partial charge < -0.3 is 10.1 Å². The van der Waals surface area contributed by atoms with Crippen LogP contribution in [0, 0.1) is 6.92 Å². The Morgan fingerprint density at radius 1 is 1.03 bits per heavy atom. The van der Waals surface area contributed by atoms with E-state index in [1.807, 2.05) is 66.1 Å². The molecule has 0 bridgehead atoms. The van der Waals surface area contributed by atoms with Gasteiger partial charge in [0.05, 0.1) is 28.6 Å². The number of hydrogen-bond donors (Lipinski definition) is 1. The van der Waals surface area contributed by atoms with Crippen LogP contribution in [0.4, 0.5) is 5.69 Å². The summed E-state index contributed by atoms with van der Waals surface area (Å²) < 4.78 is 6.95. The van der Waals surface area contributed by atoms with E-state index in [2.05, 4.69) is 15.5 Å². The normalized spacial score (nSPS) is 10.7. The van der Waals surface area contributed by atoms with Crippen LogP contribution in [-0.2, 0) is 9.53 Å². The predicted molar refractivity (Wildman–Crippen MR) is 138 cm³/mol. The number of carbonyl (C=O) groups excluding carboxylic acids is 2. The molecule has 3 aromatic carbocycles. The number of nitrogens with one attached hydrogen (secondary N) is 1. The standard InChI is InChI=1S/C26H23ClN4O3S/c1-3-34-25(33)19-12-13-21(27)22(15-19)28-23(32)16-35-26-30-29-24(18-9-7-8-17(2)14-18)31(26)20-10-5-4-6-11-20/h4-15H,3,16H2,1-2H3,(H,28,32). The number of aromatic nitrogens is 3. The summed E-state index contributed by atoms with van der Waals surface area (Å²) in [6.45, 7) is 4.01. The molecule has 1 aromatic heterocycles. The van der Waals surface area contributed by atoms with Crippen molar-refractivity contribution in [1.29, 1.82) is 0 Å². The summed E-state index contributed by atoms with van der Waals surface area (Å²) in [6, 6.07) is 22.4. The van der Waals surface area contributed by atoms with Gasteiger partial charge in [-0.25, -0.2) is 4.79 Å². The first kappa shape index (κ1) is 24.5. The van der Waals surface area contributed by atoms with Gasteiger partial charge in [-0.05, 0) is 50.2 Å². The number of amides is 1. The highest BCUT2D eigenvalue weighted by Gasteiger charge is 2.18. The molecule has 1 N–H and O–H groups in total. The molecule has 178 valence electrons. The molecule has 9 heteroatoms. The zero-order valence-corrected chi connectivity index (χ0v) is 20.8. The number of ether oxygens (including phenoxy) is 1. The topological polar surface area (TPSA) is 86.1 Å². The molecule has 0 saturated heterocycles. The van der Waals surface area contributed by atoms with Crippen molar-refractivity contribution in [2.75, 3.05) is 17.7 Å². The molecule has 0 aliphatic heterocycles. The summed E-state index contributed by atoms with van der Waals surface area (Å²) in [5, 5.41) is 12.4. The molecule has 0 radical (unpaired) electrons. The molecule has 7 nitrogen and oxygen atoms in total. The molecule has 0 unspecified atom stereocenters. The van der Waals surface area contributed by atoms with Gasteiger partial charge in [0.1, 0.15) is 0 Å². The van der Waals surface area contributed by atoms with Crippen LogP contribution < -0.4 is 5.32 Å². The predicted octanol–water partition coefficient (Wildman–Crippen LogP) is 5.80. The van der Waals surface area contributed by atoms with Gasteiger partial charge in [-0.3, -0.25) is 9.36 Å². The highest BCUT2D eigenvalue weighted by Crippen LogP contribution is 2.29. The summed E-state index contributed by atoms with van der Waals surface area (Å²) in [5.74, 6) is -0.0158. The number of anilines is 1. The van der Waals surface area contributed by atoms with E-state index < -0.39 is 5.97 Å². The van der Waals surface area contributed by atoms with Crippen LogP contribution in [0.5, 0.6) is 0 Å². The van der Waals surface area contributed by atoms with E-state index in [1.165, 1.54) is 17.8 Å². The van der Waals surface area contributed by atoms with Crippen LogP contribution in [-0.4, -0.2) is 39.0 Å². The molecule has 1 heterocycles. The number of thioether (sulfide) groups is 1. The van der Waals surface area contributed by atoms with Crippen molar-refractivity contribution in [2.45, 2.75) is 19.0 Å². The number of benzene rings is 3. The van der Waals surface area contributed by atoms with Crippen LogP contribution >= 0.6 is 23.4 Å². The van der Waals surface area contributed by atoms with Gasteiger partial charge in [0.15, 0.2) is 11.0 Å². The van der Waals surface area contributed by atoms with Crippen molar-refractivity contribution in [3.8, 4) is 17.1 Å². The fraction of sp³-hybridized carbons (Fsp3) is 0.154. The van der Waals surface area contributed by atoms with Gasteiger partial charge in [0.25, 0.3) is 0 Å². The van der Waals surface area contributed by atoms with Crippen LogP contribution in [0.1, 0.15) is 22.8 Å². The molecular formula is C26H23ClN4O3S. The monoisotopic (exact) mass is 506 g/mol. The van der Waals surface area contributed by atoms with Gasteiger partial charge in [-0.1, -0.05) is 65.3 Å². The average Bonchev–Trinajstić information content (AvgIpc) is 3.29. The third-order valence-corrected chi connectivity index (χ3v) is 6.27. The second-order valence-electron chi connectivity index (χ2n) is 7.60. The van der Waals surface area contributed by atoms with Crippen molar-refractivity contribution in [3.63, 3.8) is 0 Å². The van der Waals surface area contributed by atoms with Gasteiger partial charge >= 0.3 is 5.97 Å². The molecule has 0 aliphatic carbocycles. The number of para-hydroxylation sites is 1. The zero-order chi connectivity index (χ0) is 24.8. The molecule has 0 aliphatic rings. The molecule has 0 spiro atoms. The number of hydrogen-bond acceptors (Lipinski definition) is 6. The van der Waals surface area contributed by atoms with Gasteiger partial charge in [-0.15, -0.1) is 10.2 Å². The maximum absolute atomic E-state index is 12.7. The van der Waals surface area contributed by atoms with E-state index in [0.29, 0.717) is 27.3 Å². The number of halogens is 1. The van der Waals surface area contributed by atoms with E-state index >= 15 is 0 Å². The second kappa shape index (κ2) is 11.2. The summed E-state index contributed by atoms with van der Waals surface area (Å²) in [7, 11) is 0. The van der Waals surface area contributed by atoms with E-state index in [9.17, 15) is 9.59 Å². The summed E-state index contributed by atoms with van der Waals surface area (Å²) in [4.78, 5) is 24.8. The Morgan fingerprint density at radius 2 is 1.83 bits per heavy atom. The van der Waals surface area contributed by atoms with Crippen molar-refractivity contribution in [2.24, 2.45) is 0 Å². The summed E-state index contributed by atoms with van der Waals surface area (Å²) in [6.07, 6.45) is 0. The first-order valence-corrected chi connectivity index (χ1v) is 12.3. The Kier molecular flexibility index (Phi) is 7.84. The largest absolute Gasteiger partial charge is 0.462 e. The summed E-state index contributed by atoms with van der Waals surface area (Å²) >= 11 is 7.48. The third kappa shape index (κ3) is 5.90. The first-order valence-electron chi connectivity index (χ1n) is 10.9. The molecular weight excluding hydrogens is 484 g/mol. The lowest BCUT2D eigenvalue weighted by molar-refractivity contribution is -0.113. The molecule has 4 aromatic rings. The highest BCUT2D eigenvalue weighted by molar-refractivity contribution is 7.99. The molecule has 1 amide bonds. The Labute approximate surface area is 212 Å². The number of nitrogens with zero attached hydrogens (tertiary/aromatic N) is 3. The molecule has 4 rings (SSSR count). The molecule has 0 atom stereocenters. The van der Waals surface area contributed by atoms with Gasteiger partial charge in [-0.2, -0.15) is 0 Å². The molecule has 35 heavy (non-hydrogen) atoms. The fourth-order valence-electron chi connectivity index (χ4n) is 3.42. The number of carbonyl (C=O) groups is 2. The van der Waals surface area contributed by atoms with Gasteiger partial charge in [0, 0.05) is 11.3 Å². The SMILES string of the molecule is CCOC(=O)c1ccc(Cl)c(NC(=O)CSc2nnc(-c3cccc(C)c3)n2-c2ccccc2)c1. The van der Waals surface area contributed by atoms with E-state index in [4.69, 9.17) is 16.3 Å². The quantitative estimate of drug-likeness (QED) is 0.240. The minimum atomic E-state index is -0.478. The van der Waals surface area contributed by atoms with Crippen molar-refractivity contribution in [3.05, 3.63) is 88.9 Å². The smallest absolute Gasteiger partial charge is 0.338 e. The highest BCUT2D eigenvalue weighted by atomic mass is 35.5. The minimum absolute atomic E-state index is 0.0682. The van der Waals surface area contributed by atoms with Crippen molar-refractivity contribution >= 4 is 40.9 Å². The van der Waals surface area contributed by atoms with E-state index in [0.717, 1.165) is 16.8 Å². The van der Waals surface area contributed by atoms with Crippen molar-refractivity contribution in [1.82, 2.24) is 14.8 Å². The Bertz CT molecular complexity index is 1360. The lowest BCUT2D eigenvalue weighted by atomic mass is 10.1. The Balaban J connectivity index is 1.55. The van der Waals surface area contributed by atoms with Crippen LogP contribution in [0.3, 0.4) is 0 Å². The first-order chi connectivity index (χ1) is 17.0. The minimum Gasteiger partial charge on any atom is -0.462 e. The number of esters is 1. The molecule has 0 saturated carbocycles. The van der Waals surface area contributed by atoms with Gasteiger partial charge in [0.2, 0.25) is 5.91 Å². The zero-order valence-electron chi connectivity index (χ0n) is 19.2.